The number of hydrogen-bond donors (Lipinski definition) is 0. The maximum atomic E-state index is 11.7. The van der Waals surface area contributed by atoms with Gasteiger partial charge in [-0.25, -0.2) is 0 Å². The van der Waals surface area contributed by atoms with Crippen LogP contribution in [0.1, 0.15) is 53.9 Å². The molecule has 0 heterocycles. The van der Waals surface area contributed by atoms with Crippen molar-refractivity contribution in [3.8, 4) is 0 Å². The van der Waals surface area contributed by atoms with E-state index in [1.54, 1.807) is 0 Å². The number of hydrogen-bond acceptors (Lipinski definition) is 2. The summed E-state index contributed by atoms with van der Waals surface area (Å²) in [6, 6.07) is 0. The van der Waals surface area contributed by atoms with Gasteiger partial charge in [-0.3, -0.25) is 4.79 Å². The molecule has 0 spiro atoms. The van der Waals surface area contributed by atoms with E-state index in [0.29, 0.717) is 18.1 Å². The molecule has 88 valence electrons. The van der Waals surface area contributed by atoms with Crippen LogP contribution in [0.2, 0.25) is 0 Å². The van der Waals surface area contributed by atoms with Gasteiger partial charge in [0.1, 0.15) is 5.78 Å². The first-order chi connectivity index (χ1) is 6.97. The van der Waals surface area contributed by atoms with E-state index in [1.165, 1.54) is 0 Å². The van der Waals surface area contributed by atoms with Crippen LogP contribution in [0.3, 0.4) is 0 Å². The van der Waals surface area contributed by atoms with Gasteiger partial charge in [-0.15, -0.1) is 0 Å². The first-order valence-electron chi connectivity index (χ1n) is 6.16. The molecule has 0 bridgehead atoms. The van der Waals surface area contributed by atoms with E-state index in [4.69, 9.17) is 4.74 Å². The molecule has 0 amide bonds. The molecule has 0 N–H and O–H groups in total. The third kappa shape index (κ3) is 2.10. The van der Waals surface area contributed by atoms with Crippen LogP contribution < -0.4 is 0 Å². The summed E-state index contributed by atoms with van der Waals surface area (Å²) in [4.78, 5) is 11.7. The van der Waals surface area contributed by atoms with Crippen molar-refractivity contribution in [1.82, 2.24) is 0 Å². The maximum absolute atomic E-state index is 11.7. The topological polar surface area (TPSA) is 26.3 Å². The molecule has 1 rings (SSSR count). The van der Waals surface area contributed by atoms with Crippen LogP contribution in [0.5, 0.6) is 0 Å². The lowest BCUT2D eigenvalue weighted by molar-refractivity contribution is -0.175. The van der Waals surface area contributed by atoms with Gasteiger partial charge in [0.2, 0.25) is 0 Å². The SMILES string of the molecule is CCC1(CC)C(=O)CC1OC(C)C(C)C. The first-order valence-corrected chi connectivity index (χ1v) is 6.16. The van der Waals surface area contributed by atoms with Crippen molar-refractivity contribution in [3.63, 3.8) is 0 Å². The smallest absolute Gasteiger partial charge is 0.144 e. The van der Waals surface area contributed by atoms with Gasteiger partial charge < -0.3 is 4.74 Å². The van der Waals surface area contributed by atoms with Gasteiger partial charge in [0.05, 0.1) is 17.6 Å². The molecule has 0 radical (unpaired) electrons. The predicted octanol–water partition coefficient (Wildman–Crippen LogP) is 3.20. The van der Waals surface area contributed by atoms with Crippen molar-refractivity contribution in [2.45, 2.75) is 66.1 Å². The lowest BCUT2D eigenvalue weighted by atomic mass is 9.61. The summed E-state index contributed by atoms with van der Waals surface area (Å²) in [6.45, 7) is 10.6. The Bertz CT molecular complexity index is 229. The van der Waals surface area contributed by atoms with E-state index >= 15 is 0 Å². The molecular weight excluding hydrogens is 188 g/mol. The van der Waals surface area contributed by atoms with Crippen LogP contribution in [0.15, 0.2) is 0 Å². The number of Topliss-reactive ketones (excluding diaryl/α,β-unsaturated/α-hetero) is 1. The Labute approximate surface area is 93.4 Å². The first kappa shape index (κ1) is 12.7. The van der Waals surface area contributed by atoms with Gasteiger partial charge in [0, 0.05) is 6.42 Å². The van der Waals surface area contributed by atoms with Crippen LogP contribution in [0, 0.1) is 11.3 Å². The van der Waals surface area contributed by atoms with Crippen molar-refractivity contribution < 1.29 is 9.53 Å². The minimum atomic E-state index is -0.164. The normalized spacial score (nSPS) is 26.5. The molecule has 2 nitrogen and oxygen atoms in total. The standard InChI is InChI=1S/C13H24O2/c1-6-13(7-2)11(14)8-12(13)15-10(5)9(3)4/h9-10,12H,6-8H2,1-5H3. The molecule has 2 atom stereocenters. The summed E-state index contributed by atoms with van der Waals surface area (Å²) in [7, 11) is 0. The molecule has 0 saturated heterocycles. The maximum Gasteiger partial charge on any atom is 0.144 e. The fraction of sp³-hybridized carbons (Fsp3) is 0.923. The highest BCUT2D eigenvalue weighted by Crippen LogP contribution is 2.46. The van der Waals surface area contributed by atoms with Crippen LogP contribution in [-0.4, -0.2) is 18.0 Å². The highest BCUT2D eigenvalue weighted by atomic mass is 16.5. The molecule has 2 heteroatoms. The van der Waals surface area contributed by atoms with Gasteiger partial charge in [-0.05, 0) is 25.7 Å². The molecular formula is C13H24O2. The lowest BCUT2D eigenvalue weighted by Crippen LogP contribution is -2.55. The van der Waals surface area contributed by atoms with Crippen LogP contribution in [0.4, 0.5) is 0 Å². The third-order valence-corrected chi connectivity index (χ3v) is 4.12. The van der Waals surface area contributed by atoms with Crippen LogP contribution in [-0.2, 0) is 9.53 Å². The molecule has 0 aromatic carbocycles. The Balaban J connectivity index is 2.61. The predicted molar refractivity (Wildman–Crippen MR) is 61.8 cm³/mol. The molecule has 2 unspecified atom stereocenters. The van der Waals surface area contributed by atoms with Crippen LogP contribution >= 0.6 is 0 Å². The van der Waals surface area contributed by atoms with Crippen molar-refractivity contribution in [1.29, 1.82) is 0 Å². The molecule has 1 aliphatic carbocycles. The van der Waals surface area contributed by atoms with Gasteiger partial charge >= 0.3 is 0 Å². The highest BCUT2D eigenvalue weighted by Gasteiger charge is 2.53. The molecule has 1 fully saturated rings. The summed E-state index contributed by atoms with van der Waals surface area (Å²) < 4.78 is 6.00. The molecule has 1 aliphatic rings. The van der Waals surface area contributed by atoms with Crippen molar-refractivity contribution in [3.05, 3.63) is 0 Å². The number of rotatable bonds is 5. The highest BCUT2D eigenvalue weighted by molar-refractivity contribution is 5.92. The second kappa shape index (κ2) is 4.65. The van der Waals surface area contributed by atoms with Crippen molar-refractivity contribution in [2.75, 3.05) is 0 Å². The van der Waals surface area contributed by atoms with Gasteiger partial charge in [0.25, 0.3) is 0 Å². The summed E-state index contributed by atoms with van der Waals surface area (Å²) in [5, 5.41) is 0. The summed E-state index contributed by atoms with van der Waals surface area (Å²) >= 11 is 0. The van der Waals surface area contributed by atoms with Crippen LogP contribution in [0.25, 0.3) is 0 Å². The fourth-order valence-electron chi connectivity index (χ4n) is 2.31. The van der Waals surface area contributed by atoms with E-state index in [1.807, 2.05) is 0 Å². The molecule has 15 heavy (non-hydrogen) atoms. The summed E-state index contributed by atoms with van der Waals surface area (Å²) in [5.41, 5.74) is -0.164. The van der Waals surface area contributed by atoms with Gasteiger partial charge in [-0.1, -0.05) is 27.7 Å². The second-order valence-electron chi connectivity index (χ2n) is 5.06. The third-order valence-electron chi connectivity index (χ3n) is 4.12. The Hall–Kier alpha value is -0.370. The second-order valence-corrected chi connectivity index (χ2v) is 5.06. The molecule has 0 aromatic rings. The van der Waals surface area contributed by atoms with Gasteiger partial charge in [-0.2, -0.15) is 0 Å². The van der Waals surface area contributed by atoms with Crippen molar-refractivity contribution >= 4 is 5.78 Å². The Morgan fingerprint density at radius 2 is 1.87 bits per heavy atom. The zero-order valence-electron chi connectivity index (χ0n) is 10.7. The van der Waals surface area contributed by atoms with Crippen molar-refractivity contribution in [2.24, 2.45) is 11.3 Å². The average molecular weight is 212 g/mol. The number of ether oxygens (including phenoxy) is 1. The van der Waals surface area contributed by atoms with E-state index in [9.17, 15) is 4.79 Å². The van der Waals surface area contributed by atoms with E-state index < -0.39 is 0 Å². The van der Waals surface area contributed by atoms with E-state index in [2.05, 4.69) is 34.6 Å². The summed E-state index contributed by atoms with van der Waals surface area (Å²) in [6.07, 6.45) is 2.87. The fourth-order valence-corrected chi connectivity index (χ4v) is 2.31. The average Bonchev–Trinajstić information content (AvgIpc) is 2.18. The zero-order valence-corrected chi connectivity index (χ0v) is 10.7. The Morgan fingerprint density at radius 3 is 2.20 bits per heavy atom. The summed E-state index contributed by atoms with van der Waals surface area (Å²) in [5.74, 6) is 0.917. The minimum Gasteiger partial charge on any atom is -0.374 e. The molecule has 0 aliphatic heterocycles. The van der Waals surface area contributed by atoms with E-state index in [-0.39, 0.29) is 17.6 Å². The van der Waals surface area contributed by atoms with E-state index in [0.717, 1.165) is 12.8 Å². The number of carbonyl (C=O) groups is 1. The Kier molecular flexibility index (Phi) is 3.93. The lowest BCUT2D eigenvalue weighted by Gasteiger charge is -2.48. The quantitative estimate of drug-likeness (QED) is 0.699. The Morgan fingerprint density at radius 1 is 1.33 bits per heavy atom. The number of ketones is 1. The minimum absolute atomic E-state index is 0.164. The monoisotopic (exact) mass is 212 g/mol. The van der Waals surface area contributed by atoms with Gasteiger partial charge in [0.15, 0.2) is 0 Å². The largest absolute Gasteiger partial charge is 0.374 e. The number of carbonyl (C=O) groups excluding carboxylic acids is 1. The zero-order chi connectivity index (χ0) is 11.6. The molecule has 0 aromatic heterocycles. The molecule has 1 saturated carbocycles.